The molecular weight excluding hydrogens is 280 g/mol. The van der Waals surface area contributed by atoms with Crippen molar-refractivity contribution in [2.45, 2.75) is 31.4 Å². The summed E-state index contributed by atoms with van der Waals surface area (Å²) in [5.74, 6) is 1.25. The Morgan fingerprint density at radius 1 is 1.36 bits per heavy atom. The van der Waals surface area contributed by atoms with E-state index in [1.807, 2.05) is 36.2 Å². The minimum absolute atomic E-state index is 0.0926. The predicted octanol–water partition coefficient (Wildman–Crippen LogP) is 1.50. The van der Waals surface area contributed by atoms with Crippen LogP contribution in [0.2, 0.25) is 0 Å². The van der Waals surface area contributed by atoms with Gasteiger partial charge in [-0.2, -0.15) is 0 Å². The van der Waals surface area contributed by atoms with Crippen LogP contribution >= 0.6 is 0 Å². The summed E-state index contributed by atoms with van der Waals surface area (Å²) >= 11 is 0. The number of carbonyl (C=O) groups is 1. The van der Waals surface area contributed by atoms with Crippen LogP contribution in [0.25, 0.3) is 0 Å². The van der Waals surface area contributed by atoms with Gasteiger partial charge in [0.1, 0.15) is 5.75 Å². The largest absolute Gasteiger partial charge is 0.495 e. The molecule has 1 heterocycles. The lowest BCUT2D eigenvalue weighted by molar-refractivity contribution is -0.121. The topological polar surface area (TPSA) is 53.0 Å². The lowest BCUT2D eigenvalue weighted by Gasteiger charge is -2.26. The molecule has 1 aromatic rings. The monoisotopic (exact) mass is 304 g/mol. The number of anilines is 1. The molecule has 0 radical (unpaired) electrons. The Labute approximate surface area is 131 Å². The number of hydrogen-bond acceptors (Lipinski definition) is 4. The Bertz CT molecular complexity index is 544. The minimum Gasteiger partial charge on any atom is -0.495 e. The molecule has 120 valence electrons. The molecule has 1 aliphatic carbocycles. The van der Waals surface area contributed by atoms with Crippen molar-refractivity contribution < 1.29 is 14.6 Å². The third-order valence-electron chi connectivity index (χ3n) is 4.73. The molecule has 1 saturated carbocycles. The van der Waals surface area contributed by atoms with Crippen molar-refractivity contribution in [1.82, 2.24) is 4.90 Å². The Balaban J connectivity index is 1.68. The maximum Gasteiger partial charge on any atom is 0.244 e. The van der Waals surface area contributed by atoms with Crippen molar-refractivity contribution in [3.63, 3.8) is 0 Å². The molecule has 0 aromatic heterocycles. The summed E-state index contributed by atoms with van der Waals surface area (Å²) in [4.78, 5) is 16.5. The number of benzene rings is 1. The average molecular weight is 304 g/mol. The lowest BCUT2D eigenvalue weighted by Crippen LogP contribution is -2.43. The van der Waals surface area contributed by atoms with Crippen molar-refractivity contribution in [2.75, 3.05) is 32.1 Å². The highest BCUT2D eigenvalue weighted by molar-refractivity contribution is 6.00. The summed E-state index contributed by atoms with van der Waals surface area (Å²) in [5.41, 5.74) is 0.827. The second-order valence-electron chi connectivity index (χ2n) is 6.31. The van der Waals surface area contributed by atoms with Crippen molar-refractivity contribution in [1.29, 1.82) is 0 Å². The third kappa shape index (κ3) is 2.96. The molecule has 22 heavy (non-hydrogen) atoms. The molecule has 1 amide bonds. The highest BCUT2D eigenvalue weighted by atomic mass is 16.5. The van der Waals surface area contributed by atoms with Crippen LogP contribution in [0.3, 0.4) is 0 Å². The molecule has 1 aromatic carbocycles. The van der Waals surface area contributed by atoms with E-state index in [1.54, 1.807) is 12.0 Å². The highest BCUT2D eigenvalue weighted by Gasteiger charge is 2.38. The Morgan fingerprint density at radius 2 is 2.09 bits per heavy atom. The molecule has 5 heteroatoms. The fourth-order valence-electron chi connectivity index (χ4n) is 3.22. The SMILES string of the molecule is COc1ccccc1N1CCC(N(C)CC(O)C2CC2)C1=O. The third-order valence-corrected chi connectivity index (χ3v) is 4.73. The van der Waals surface area contributed by atoms with E-state index in [4.69, 9.17) is 4.74 Å². The molecular formula is C17H24N2O3. The number of aliphatic hydroxyl groups is 1. The summed E-state index contributed by atoms with van der Waals surface area (Å²) in [6.07, 6.45) is 2.70. The molecule has 2 aliphatic rings. The van der Waals surface area contributed by atoms with E-state index in [0.29, 0.717) is 19.0 Å². The smallest absolute Gasteiger partial charge is 0.244 e. The number of methoxy groups -OCH3 is 1. The number of hydrogen-bond donors (Lipinski definition) is 1. The fraction of sp³-hybridized carbons (Fsp3) is 0.588. The van der Waals surface area contributed by atoms with Crippen molar-refractivity contribution in [2.24, 2.45) is 5.92 Å². The van der Waals surface area contributed by atoms with Gasteiger partial charge in [-0.15, -0.1) is 0 Å². The fourth-order valence-corrected chi connectivity index (χ4v) is 3.22. The second kappa shape index (κ2) is 6.26. The van der Waals surface area contributed by atoms with E-state index in [2.05, 4.69) is 0 Å². The summed E-state index contributed by atoms with van der Waals surface area (Å²) in [6, 6.07) is 7.45. The van der Waals surface area contributed by atoms with Gasteiger partial charge in [-0.05, 0) is 44.4 Å². The van der Waals surface area contributed by atoms with E-state index < -0.39 is 0 Å². The summed E-state index contributed by atoms with van der Waals surface area (Å²) in [6.45, 7) is 1.26. The Hall–Kier alpha value is -1.59. The molecule has 3 rings (SSSR count). The normalized spacial score (nSPS) is 23.2. The highest BCUT2D eigenvalue weighted by Crippen LogP contribution is 2.34. The van der Waals surface area contributed by atoms with Gasteiger partial charge in [-0.25, -0.2) is 0 Å². The van der Waals surface area contributed by atoms with Crippen LogP contribution in [0.1, 0.15) is 19.3 Å². The molecule has 2 fully saturated rings. The molecule has 1 N–H and O–H groups in total. The van der Waals surface area contributed by atoms with Crippen LogP contribution in [0, 0.1) is 5.92 Å². The van der Waals surface area contributed by atoms with E-state index >= 15 is 0 Å². The van der Waals surface area contributed by atoms with E-state index in [9.17, 15) is 9.90 Å². The van der Waals surface area contributed by atoms with Crippen molar-refractivity contribution in [3.05, 3.63) is 24.3 Å². The molecule has 0 spiro atoms. The molecule has 1 aliphatic heterocycles. The molecule has 0 bridgehead atoms. The zero-order chi connectivity index (χ0) is 15.7. The second-order valence-corrected chi connectivity index (χ2v) is 6.31. The van der Waals surface area contributed by atoms with E-state index in [0.717, 1.165) is 30.7 Å². The number of para-hydroxylation sites is 2. The molecule has 2 unspecified atom stereocenters. The first-order valence-electron chi connectivity index (χ1n) is 7.94. The van der Waals surface area contributed by atoms with Gasteiger partial charge in [0.25, 0.3) is 0 Å². The Morgan fingerprint density at radius 3 is 2.77 bits per heavy atom. The van der Waals surface area contributed by atoms with Gasteiger partial charge in [-0.1, -0.05) is 12.1 Å². The average Bonchev–Trinajstić information content (AvgIpc) is 3.30. The van der Waals surface area contributed by atoms with Crippen LogP contribution in [-0.2, 0) is 4.79 Å². The first-order valence-corrected chi connectivity index (χ1v) is 7.94. The number of rotatable bonds is 6. The number of aliphatic hydroxyl groups excluding tert-OH is 1. The van der Waals surface area contributed by atoms with E-state index in [-0.39, 0.29) is 18.1 Å². The first-order chi connectivity index (χ1) is 10.6. The zero-order valence-corrected chi connectivity index (χ0v) is 13.2. The number of nitrogens with zero attached hydrogens (tertiary/aromatic N) is 2. The van der Waals surface area contributed by atoms with Gasteiger partial charge in [0.15, 0.2) is 0 Å². The van der Waals surface area contributed by atoms with Gasteiger partial charge < -0.3 is 14.7 Å². The maximum absolute atomic E-state index is 12.7. The van der Waals surface area contributed by atoms with Crippen molar-refractivity contribution in [3.8, 4) is 5.75 Å². The number of amides is 1. The Kier molecular flexibility index (Phi) is 4.36. The van der Waals surface area contributed by atoms with E-state index in [1.165, 1.54) is 0 Å². The van der Waals surface area contributed by atoms with Gasteiger partial charge in [-0.3, -0.25) is 9.69 Å². The minimum atomic E-state index is -0.307. The van der Waals surface area contributed by atoms with Gasteiger partial charge in [0.2, 0.25) is 5.91 Å². The molecule has 1 saturated heterocycles. The van der Waals surface area contributed by atoms with Gasteiger partial charge in [0.05, 0.1) is 24.9 Å². The quantitative estimate of drug-likeness (QED) is 0.865. The summed E-state index contributed by atoms with van der Waals surface area (Å²) in [7, 11) is 3.55. The van der Waals surface area contributed by atoms with Crippen LogP contribution in [0.4, 0.5) is 5.69 Å². The van der Waals surface area contributed by atoms with Gasteiger partial charge in [0, 0.05) is 13.1 Å². The van der Waals surface area contributed by atoms with Crippen LogP contribution in [0.15, 0.2) is 24.3 Å². The number of carbonyl (C=O) groups excluding carboxylic acids is 1. The molecule has 5 nitrogen and oxygen atoms in total. The van der Waals surface area contributed by atoms with Crippen molar-refractivity contribution >= 4 is 11.6 Å². The van der Waals surface area contributed by atoms with Gasteiger partial charge >= 0.3 is 0 Å². The van der Waals surface area contributed by atoms with Crippen LogP contribution < -0.4 is 9.64 Å². The first kappa shape index (κ1) is 15.3. The number of likely N-dealkylation sites (N-methyl/N-ethyl adjacent to an activating group) is 1. The molecule has 2 atom stereocenters. The summed E-state index contributed by atoms with van der Waals surface area (Å²) < 4.78 is 5.36. The summed E-state index contributed by atoms with van der Waals surface area (Å²) in [5, 5.41) is 10.1. The maximum atomic E-state index is 12.7. The lowest BCUT2D eigenvalue weighted by atomic mass is 10.1. The number of ether oxygens (including phenoxy) is 1. The zero-order valence-electron chi connectivity index (χ0n) is 13.2. The standard InChI is InChI=1S/C17H24N2O3/c1-18(11-15(20)12-7-8-12)14-9-10-19(17(14)21)13-5-3-4-6-16(13)22-2/h3-6,12,14-15,20H,7-11H2,1-2H3. The van der Waals surface area contributed by atoms with Crippen LogP contribution in [-0.4, -0.2) is 55.3 Å². The van der Waals surface area contributed by atoms with Crippen LogP contribution in [0.5, 0.6) is 5.75 Å². The predicted molar refractivity (Wildman–Crippen MR) is 85.1 cm³/mol.